The highest BCUT2D eigenvalue weighted by atomic mass is 35.5. The van der Waals surface area contributed by atoms with E-state index in [-0.39, 0.29) is 22.8 Å². The summed E-state index contributed by atoms with van der Waals surface area (Å²) in [6.45, 7) is 10.7. The fourth-order valence-corrected chi connectivity index (χ4v) is 12.0. The molecule has 5 aliphatic rings. The number of aliphatic carboxylic acids is 1. The average molecular weight is 934 g/mol. The van der Waals surface area contributed by atoms with Crippen molar-refractivity contribution in [3.8, 4) is 17.2 Å². The molecule has 4 aromatic rings. The van der Waals surface area contributed by atoms with Crippen LogP contribution in [0.1, 0.15) is 112 Å². The van der Waals surface area contributed by atoms with Crippen LogP contribution in [0.15, 0.2) is 79.0 Å². The molecule has 0 bridgehead atoms. The van der Waals surface area contributed by atoms with Crippen LogP contribution in [0.3, 0.4) is 0 Å². The molecular formula is C55H69ClN4O7. The molecule has 1 unspecified atom stereocenters. The number of carbonyl (C=O) groups excluding carboxylic acids is 1. The largest absolute Gasteiger partial charge is 0.494 e. The van der Waals surface area contributed by atoms with Crippen LogP contribution in [0.5, 0.6) is 17.2 Å². The topological polar surface area (TPSA) is 123 Å². The van der Waals surface area contributed by atoms with Gasteiger partial charge in [0.05, 0.1) is 25.4 Å². The molecule has 2 N–H and O–H groups in total. The van der Waals surface area contributed by atoms with Gasteiger partial charge in [0, 0.05) is 74.2 Å². The van der Waals surface area contributed by atoms with E-state index in [1.807, 2.05) is 48.5 Å². The molecule has 2 spiro atoms. The number of fused-ring (bicyclic) bond motifs is 3. The third-order valence-electron chi connectivity index (χ3n) is 15.8. The number of likely N-dealkylation sites (N-methyl/N-ethyl adjacent to an activating group) is 1. The van der Waals surface area contributed by atoms with Crippen LogP contribution in [0.4, 0.5) is 5.69 Å². The van der Waals surface area contributed by atoms with E-state index in [0.717, 1.165) is 106 Å². The number of anilines is 1. The predicted molar refractivity (Wildman–Crippen MR) is 262 cm³/mol. The summed E-state index contributed by atoms with van der Waals surface area (Å²) in [5, 5.41) is 14.7. The number of carboxylic acid groups (broad SMARTS) is 1. The van der Waals surface area contributed by atoms with E-state index >= 15 is 0 Å². The van der Waals surface area contributed by atoms with Crippen molar-refractivity contribution in [3.63, 3.8) is 0 Å². The molecule has 11 nitrogen and oxygen atoms in total. The Bertz CT molecular complexity index is 2370. The number of rotatable bonds is 20. The fraction of sp³-hybridized carbons (Fsp3) is 0.545. The number of amides is 1. The van der Waals surface area contributed by atoms with Gasteiger partial charge < -0.3 is 34.3 Å². The van der Waals surface area contributed by atoms with Crippen molar-refractivity contribution in [1.82, 2.24) is 14.8 Å². The number of hydrogen-bond acceptors (Lipinski definition) is 9. The molecule has 2 saturated heterocycles. The minimum atomic E-state index is -1.11. The number of benzene rings is 3. The Kier molecular flexibility index (Phi) is 14.4. The van der Waals surface area contributed by atoms with E-state index in [4.69, 9.17) is 30.5 Å². The molecule has 2 aliphatic heterocycles. The minimum absolute atomic E-state index is 0.0986. The molecule has 3 fully saturated rings. The second kappa shape index (κ2) is 20.4. The number of hydrogen-bond donors (Lipinski definition) is 2. The molecule has 1 amide bonds. The van der Waals surface area contributed by atoms with Crippen LogP contribution in [0, 0.1) is 11.8 Å². The molecule has 67 heavy (non-hydrogen) atoms. The van der Waals surface area contributed by atoms with Crippen molar-refractivity contribution in [2.75, 3.05) is 65.0 Å². The standard InChI is InChI=1S/C55H69ClN4O7/c1-38(35-66-49-17-24-57-48-13-4-8-39(2)51(48)49)30-42-32-41-15-16-46(34-47(41)54(42)19-21-55(22-20-54,52(62)63)58-44-11-6-10-43(56)33-44)64-27-7-14-50(61)59(3)25-18-40-9-5-12-45(31-40)65-29-26-60-36-53(37-60)23-28-67-53/h5-6,9-12,15-17,24,31,33-34,38-39,42,58H,4,7-8,13-14,18-23,25-30,32,35-37H2,1-3H3,(H,62,63)/t38-,39-,42?,54?,55?/m1/s1. The molecule has 1 saturated carbocycles. The number of carbonyl (C=O) groups is 2. The first-order valence-corrected chi connectivity index (χ1v) is 25.3. The molecule has 0 radical (unpaired) electrons. The highest BCUT2D eigenvalue weighted by molar-refractivity contribution is 6.30. The number of ether oxygens (including phenoxy) is 4. The lowest BCUT2D eigenvalue weighted by Crippen LogP contribution is -2.68. The van der Waals surface area contributed by atoms with E-state index in [2.05, 4.69) is 59.4 Å². The fourth-order valence-electron chi connectivity index (χ4n) is 11.8. The van der Waals surface area contributed by atoms with E-state index in [1.165, 1.54) is 28.8 Å². The average Bonchev–Trinajstić information content (AvgIpc) is 3.58. The normalized spacial score (nSPS) is 24.2. The summed E-state index contributed by atoms with van der Waals surface area (Å²) in [5.41, 5.74) is 5.72. The summed E-state index contributed by atoms with van der Waals surface area (Å²) in [6, 6.07) is 24.1. The Hall–Kier alpha value is -4.84. The molecule has 358 valence electrons. The van der Waals surface area contributed by atoms with Gasteiger partial charge in [0.2, 0.25) is 5.91 Å². The lowest BCUT2D eigenvalue weighted by molar-refractivity contribution is -0.221. The lowest BCUT2D eigenvalue weighted by Gasteiger charge is -2.55. The zero-order valence-corrected chi connectivity index (χ0v) is 40.5. The molecule has 9 rings (SSSR count). The molecular weight excluding hydrogens is 864 g/mol. The Balaban J connectivity index is 0.801. The zero-order chi connectivity index (χ0) is 46.6. The first-order chi connectivity index (χ1) is 32.4. The summed E-state index contributed by atoms with van der Waals surface area (Å²) in [7, 11) is 1.87. The van der Waals surface area contributed by atoms with Gasteiger partial charge in [-0.3, -0.25) is 14.7 Å². The van der Waals surface area contributed by atoms with Gasteiger partial charge in [0.1, 0.15) is 29.4 Å². The van der Waals surface area contributed by atoms with Crippen LogP contribution in [0.25, 0.3) is 0 Å². The van der Waals surface area contributed by atoms with Crippen molar-refractivity contribution >= 4 is 29.2 Å². The Morgan fingerprint density at radius 2 is 1.78 bits per heavy atom. The van der Waals surface area contributed by atoms with Crippen molar-refractivity contribution in [1.29, 1.82) is 0 Å². The maximum absolute atomic E-state index is 13.2. The molecule has 1 aromatic heterocycles. The van der Waals surface area contributed by atoms with Gasteiger partial charge in [-0.05, 0) is 159 Å². The van der Waals surface area contributed by atoms with Gasteiger partial charge in [-0.1, -0.05) is 49.7 Å². The highest BCUT2D eigenvalue weighted by Crippen LogP contribution is 2.57. The molecule has 3 aliphatic carbocycles. The minimum Gasteiger partial charge on any atom is -0.494 e. The lowest BCUT2D eigenvalue weighted by atomic mass is 9.59. The molecule has 12 heteroatoms. The highest BCUT2D eigenvalue weighted by Gasteiger charge is 2.54. The second-order valence-corrected chi connectivity index (χ2v) is 21.0. The van der Waals surface area contributed by atoms with Gasteiger partial charge in [-0.2, -0.15) is 0 Å². The van der Waals surface area contributed by atoms with Gasteiger partial charge in [-0.25, -0.2) is 4.79 Å². The number of aromatic nitrogens is 1. The number of halogens is 1. The maximum atomic E-state index is 13.2. The smallest absolute Gasteiger partial charge is 0.329 e. The number of nitrogens with zero attached hydrogens (tertiary/aromatic N) is 3. The maximum Gasteiger partial charge on any atom is 0.329 e. The summed E-state index contributed by atoms with van der Waals surface area (Å²) < 4.78 is 24.8. The third-order valence-corrected chi connectivity index (χ3v) is 16.0. The molecule has 3 atom stereocenters. The van der Waals surface area contributed by atoms with Gasteiger partial charge in [0.15, 0.2) is 0 Å². The third kappa shape index (κ3) is 10.6. The monoisotopic (exact) mass is 932 g/mol. The Morgan fingerprint density at radius 3 is 2.55 bits per heavy atom. The summed E-state index contributed by atoms with van der Waals surface area (Å²) in [6.07, 6.45) is 12.4. The van der Waals surface area contributed by atoms with Crippen LogP contribution in [0.2, 0.25) is 5.02 Å². The predicted octanol–water partition coefficient (Wildman–Crippen LogP) is 9.91. The van der Waals surface area contributed by atoms with Crippen LogP contribution < -0.4 is 19.5 Å². The van der Waals surface area contributed by atoms with Crippen LogP contribution in [-0.4, -0.2) is 103 Å². The number of nitrogens with one attached hydrogen (secondary N) is 1. The molecule has 3 heterocycles. The SMILES string of the molecule is C[C@@H](COc1ccnc2c1[C@H](C)CCC2)CC1Cc2ccc(OCCCC(=O)N(C)CCc3cccc(OCCN4CC5(CCO5)C4)c3)cc2C12CCC(Nc1cccc(Cl)c1)(C(=O)O)CC2. The zero-order valence-electron chi connectivity index (χ0n) is 39.7. The van der Waals surface area contributed by atoms with Crippen LogP contribution >= 0.6 is 11.6 Å². The van der Waals surface area contributed by atoms with Crippen molar-refractivity contribution in [3.05, 3.63) is 112 Å². The number of pyridine rings is 1. The second-order valence-electron chi connectivity index (χ2n) is 20.5. The van der Waals surface area contributed by atoms with Gasteiger partial charge in [-0.15, -0.1) is 0 Å². The first kappa shape index (κ1) is 47.2. The number of likely N-dealkylation sites (tertiary alicyclic amines) is 1. The van der Waals surface area contributed by atoms with Crippen molar-refractivity contribution < 1.29 is 33.6 Å². The number of aryl methyl sites for hydroxylation is 1. The Morgan fingerprint density at radius 1 is 0.985 bits per heavy atom. The number of carboxylic acids is 1. The molecule has 3 aromatic carbocycles. The van der Waals surface area contributed by atoms with Crippen molar-refractivity contribution in [2.24, 2.45) is 11.8 Å². The van der Waals surface area contributed by atoms with E-state index < -0.39 is 11.5 Å². The van der Waals surface area contributed by atoms with Gasteiger partial charge in [0.25, 0.3) is 0 Å². The van der Waals surface area contributed by atoms with Crippen molar-refractivity contribution in [2.45, 2.75) is 120 Å². The quantitative estimate of drug-likeness (QED) is 0.0829. The summed E-state index contributed by atoms with van der Waals surface area (Å²) in [5.74, 6) is 2.92. The van der Waals surface area contributed by atoms with E-state index in [0.29, 0.717) is 68.9 Å². The van der Waals surface area contributed by atoms with Crippen LogP contribution in [-0.2, 0) is 39.0 Å². The summed E-state index contributed by atoms with van der Waals surface area (Å²) >= 11 is 6.34. The summed E-state index contributed by atoms with van der Waals surface area (Å²) in [4.78, 5) is 35.3. The van der Waals surface area contributed by atoms with E-state index in [9.17, 15) is 14.7 Å². The Labute approximate surface area is 401 Å². The van der Waals surface area contributed by atoms with Gasteiger partial charge >= 0.3 is 5.97 Å². The first-order valence-electron chi connectivity index (χ1n) is 24.9. The van der Waals surface area contributed by atoms with E-state index in [1.54, 1.807) is 12.1 Å².